The molecule has 0 amide bonds. The van der Waals surface area contributed by atoms with Crippen molar-refractivity contribution in [1.82, 2.24) is 0 Å². The Morgan fingerprint density at radius 3 is 2.13 bits per heavy atom. The average Bonchev–Trinajstić information content (AvgIpc) is 2.73. The van der Waals surface area contributed by atoms with E-state index in [2.05, 4.69) is 6.92 Å². The van der Waals surface area contributed by atoms with E-state index in [4.69, 9.17) is 0 Å². The minimum Gasteiger partial charge on any atom is -0.206 e. The van der Waals surface area contributed by atoms with Gasteiger partial charge in [-0.2, -0.15) is 0 Å². The fourth-order valence-corrected chi connectivity index (χ4v) is 5.09. The minimum absolute atomic E-state index is 0.0363. The van der Waals surface area contributed by atoms with Crippen molar-refractivity contribution < 1.29 is 17.6 Å². The molecule has 4 rings (SSSR count). The molecule has 0 bridgehead atoms. The van der Waals surface area contributed by atoms with Crippen LogP contribution in [-0.2, 0) is 6.42 Å². The molecule has 2 aliphatic rings. The summed E-state index contributed by atoms with van der Waals surface area (Å²) in [7, 11) is 0. The molecule has 0 N–H and O–H groups in total. The van der Waals surface area contributed by atoms with Crippen molar-refractivity contribution in [2.75, 3.05) is 0 Å². The summed E-state index contributed by atoms with van der Waals surface area (Å²) in [6.07, 6.45) is 10.3. The van der Waals surface area contributed by atoms with Gasteiger partial charge in [-0.15, -0.1) is 0 Å². The van der Waals surface area contributed by atoms with Crippen molar-refractivity contribution in [1.29, 1.82) is 0 Å². The SMILES string of the molecule is CCCCC1CCC(c2cc(F)c(C3=Cc4cc(F)c(F)cc4CC3)c(F)c2)CC1. The van der Waals surface area contributed by atoms with E-state index >= 15 is 0 Å². The van der Waals surface area contributed by atoms with Crippen LogP contribution in [0.1, 0.15) is 86.5 Å². The van der Waals surface area contributed by atoms with Crippen LogP contribution >= 0.6 is 0 Å². The summed E-state index contributed by atoms with van der Waals surface area (Å²) < 4.78 is 57.0. The first-order valence-electron chi connectivity index (χ1n) is 11.1. The van der Waals surface area contributed by atoms with Gasteiger partial charge < -0.3 is 0 Å². The molecule has 0 nitrogen and oxygen atoms in total. The third kappa shape index (κ3) is 4.33. The van der Waals surface area contributed by atoms with Crippen LogP contribution in [0.5, 0.6) is 0 Å². The number of rotatable bonds is 5. The number of hydrogen-bond donors (Lipinski definition) is 0. The summed E-state index contributed by atoms with van der Waals surface area (Å²) in [4.78, 5) is 0. The summed E-state index contributed by atoms with van der Waals surface area (Å²) >= 11 is 0. The van der Waals surface area contributed by atoms with Gasteiger partial charge in [0.05, 0.1) is 0 Å². The van der Waals surface area contributed by atoms with Crippen LogP contribution in [-0.4, -0.2) is 0 Å². The Morgan fingerprint density at radius 2 is 1.47 bits per heavy atom. The van der Waals surface area contributed by atoms with Crippen LogP contribution in [0.3, 0.4) is 0 Å². The standard InChI is InChI=1S/C26H28F4/c1-2-3-4-16-5-7-17(8-6-16)21-14-24(29)26(25(30)15-21)19-10-9-18-12-22(27)23(28)13-20(18)11-19/h11-17H,2-10H2,1H3. The van der Waals surface area contributed by atoms with Crippen molar-refractivity contribution in [3.05, 3.63) is 69.8 Å². The molecule has 1 saturated carbocycles. The maximum atomic E-state index is 15.0. The van der Waals surface area contributed by atoms with E-state index in [9.17, 15) is 17.6 Å². The van der Waals surface area contributed by atoms with E-state index in [-0.39, 0.29) is 11.5 Å². The topological polar surface area (TPSA) is 0 Å². The first kappa shape index (κ1) is 21.1. The minimum atomic E-state index is -0.947. The zero-order chi connectivity index (χ0) is 21.3. The molecule has 0 spiro atoms. The number of benzene rings is 2. The molecule has 1 fully saturated rings. The van der Waals surface area contributed by atoms with Gasteiger partial charge in [0.2, 0.25) is 0 Å². The molecule has 0 atom stereocenters. The highest BCUT2D eigenvalue weighted by Gasteiger charge is 2.25. The molecule has 0 saturated heterocycles. The fourth-order valence-electron chi connectivity index (χ4n) is 5.09. The third-order valence-corrected chi connectivity index (χ3v) is 6.85. The van der Waals surface area contributed by atoms with E-state index in [0.717, 1.165) is 43.2 Å². The molecule has 30 heavy (non-hydrogen) atoms. The molecule has 0 heterocycles. The van der Waals surface area contributed by atoms with Gasteiger partial charge in [0.15, 0.2) is 11.6 Å². The second kappa shape index (κ2) is 8.95. The number of fused-ring (bicyclic) bond motifs is 1. The fraction of sp³-hybridized carbons (Fsp3) is 0.462. The van der Waals surface area contributed by atoms with Crippen molar-refractivity contribution in [2.45, 2.75) is 70.6 Å². The Balaban J connectivity index is 1.55. The molecule has 2 aromatic rings. The van der Waals surface area contributed by atoms with Gasteiger partial charge in [0.25, 0.3) is 0 Å². The van der Waals surface area contributed by atoms with Crippen molar-refractivity contribution in [3.63, 3.8) is 0 Å². The van der Waals surface area contributed by atoms with E-state index < -0.39 is 23.3 Å². The predicted molar refractivity (Wildman–Crippen MR) is 113 cm³/mol. The largest absolute Gasteiger partial charge is 0.206 e. The Kier molecular flexibility index (Phi) is 6.31. The van der Waals surface area contributed by atoms with Crippen LogP contribution in [0.4, 0.5) is 17.6 Å². The Bertz CT molecular complexity index is 929. The average molecular weight is 417 g/mol. The number of halogens is 4. The van der Waals surface area contributed by atoms with Gasteiger partial charge in [-0.05, 0) is 96.9 Å². The normalized spacial score (nSPS) is 21.3. The lowest BCUT2D eigenvalue weighted by atomic mass is 9.76. The number of allylic oxidation sites excluding steroid dienone is 1. The van der Waals surface area contributed by atoms with E-state index in [1.165, 1.54) is 37.5 Å². The second-order valence-corrected chi connectivity index (χ2v) is 8.85. The van der Waals surface area contributed by atoms with Crippen LogP contribution in [0.2, 0.25) is 0 Å². The lowest BCUT2D eigenvalue weighted by molar-refractivity contribution is 0.303. The maximum absolute atomic E-state index is 15.0. The van der Waals surface area contributed by atoms with Gasteiger partial charge in [-0.1, -0.05) is 32.3 Å². The zero-order valence-corrected chi connectivity index (χ0v) is 17.4. The van der Waals surface area contributed by atoms with Crippen molar-refractivity contribution in [2.24, 2.45) is 5.92 Å². The summed E-state index contributed by atoms with van der Waals surface area (Å²) in [6, 6.07) is 5.24. The molecule has 4 heteroatoms. The lowest BCUT2D eigenvalue weighted by Crippen LogP contribution is -2.14. The van der Waals surface area contributed by atoms with Gasteiger partial charge in [0.1, 0.15) is 11.6 Å². The Hall–Kier alpha value is -2.10. The first-order chi connectivity index (χ1) is 14.5. The van der Waals surface area contributed by atoms with Gasteiger partial charge in [-0.3, -0.25) is 0 Å². The molecular weight excluding hydrogens is 388 g/mol. The highest BCUT2D eigenvalue weighted by molar-refractivity contribution is 5.85. The predicted octanol–water partition coefficient (Wildman–Crippen LogP) is 8.19. The van der Waals surface area contributed by atoms with E-state index in [1.807, 2.05) is 0 Å². The van der Waals surface area contributed by atoms with Crippen LogP contribution in [0.25, 0.3) is 11.6 Å². The number of aryl methyl sites for hydroxylation is 1. The van der Waals surface area contributed by atoms with Crippen LogP contribution in [0.15, 0.2) is 24.3 Å². The summed E-state index contributed by atoms with van der Waals surface area (Å²) in [5.41, 5.74) is 2.36. The molecule has 0 aromatic heterocycles. The monoisotopic (exact) mass is 416 g/mol. The van der Waals surface area contributed by atoms with Crippen LogP contribution in [0, 0.1) is 29.2 Å². The molecule has 0 aliphatic heterocycles. The summed E-state index contributed by atoms with van der Waals surface area (Å²) in [6.45, 7) is 2.20. The zero-order valence-electron chi connectivity index (χ0n) is 17.4. The van der Waals surface area contributed by atoms with Gasteiger partial charge in [-0.25, -0.2) is 17.6 Å². The van der Waals surface area contributed by atoms with E-state index in [0.29, 0.717) is 29.5 Å². The van der Waals surface area contributed by atoms with Gasteiger partial charge in [0, 0.05) is 5.56 Å². The smallest absolute Gasteiger partial charge is 0.159 e. The molecular formula is C26H28F4. The highest BCUT2D eigenvalue weighted by Crippen LogP contribution is 2.40. The first-order valence-corrected chi connectivity index (χ1v) is 11.1. The number of unbranched alkanes of at least 4 members (excludes halogenated alkanes) is 1. The molecule has 2 aromatic carbocycles. The van der Waals surface area contributed by atoms with E-state index in [1.54, 1.807) is 6.08 Å². The molecule has 2 aliphatic carbocycles. The molecule has 0 radical (unpaired) electrons. The second-order valence-electron chi connectivity index (χ2n) is 8.85. The lowest BCUT2D eigenvalue weighted by Gasteiger charge is -2.29. The van der Waals surface area contributed by atoms with Crippen LogP contribution < -0.4 is 0 Å². The molecule has 160 valence electrons. The highest BCUT2D eigenvalue weighted by atomic mass is 19.2. The van der Waals surface area contributed by atoms with Crippen molar-refractivity contribution >= 4 is 11.6 Å². The van der Waals surface area contributed by atoms with Crippen molar-refractivity contribution in [3.8, 4) is 0 Å². The number of hydrogen-bond acceptors (Lipinski definition) is 0. The Morgan fingerprint density at radius 1 is 0.800 bits per heavy atom. The molecule has 0 unspecified atom stereocenters. The Labute approximate surface area is 176 Å². The quantitative estimate of drug-likeness (QED) is 0.431. The third-order valence-electron chi connectivity index (χ3n) is 6.85. The maximum Gasteiger partial charge on any atom is 0.159 e. The van der Waals surface area contributed by atoms with Gasteiger partial charge >= 0.3 is 0 Å². The summed E-state index contributed by atoms with van der Waals surface area (Å²) in [5, 5.41) is 0. The summed E-state index contributed by atoms with van der Waals surface area (Å²) in [5.74, 6) is -2.01.